The monoisotopic (exact) mass is 265 g/mol. The van der Waals surface area contributed by atoms with Gasteiger partial charge in [0.15, 0.2) is 0 Å². The van der Waals surface area contributed by atoms with Crippen LogP contribution in [0.15, 0.2) is 6.33 Å². The molecule has 1 heterocycles. The predicted molar refractivity (Wildman–Crippen MR) is 81.0 cm³/mol. The summed E-state index contributed by atoms with van der Waals surface area (Å²) >= 11 is 0. The second-order valence-corrected chi connectivity index (χ2v) is 4.84. The van der Waals surface area contributed by atoms with E-state index in [4.69, 9.17) is 5.84 Å². The van der Waals surface area contributed by atoms with Crippen LogP contribution < -0.4 is 16.6 Å². The zero-order chi connectivity index (χ0) is 14.1. The molecule has 0 saturated heterocycles. The molecule has 0 aliphatic rings. The highest BCUT2D eigenvalue weighted by atomic mass is 15.3. The number of rotatable bonds is 9. The minimum Gasteiger partial charge on any atom is -0.369 e. The van der Waals surface area contributed by atoms with Gasteiger partial charge in [-0.1, -0.05) is 40.0 Å². The minimum atomic E-state index is 0.703. The molecule has 1 unspecified atom stereocenters. The Hall–Kier alpha value is -1.36. The molecule has 5 heteroatoms. The van der Waals surface area contributed by atoms with Crippen LogP contribution in [0.5, 0.6) is 0 Å². The maximum atomic E-state index is 5.47. The van der Waals surface area contributed by atoms with E-state index < -0.39 is 0 Å². The van der Waals surface area contributed by atoms with Crippen molar-refractivity contribution in [2.45, 2.75) is 52.9 Å². The second kappa shape index (κ2) is 8.69. The van der Waals surface area contributed by atoms with Gasteiger partial charge in [0, 0.05) is 12.1 Å². The number of anilines is 2. The molecule has 1 aromatic heterocycles. The fraction of sp³-hybridized carbons (Fsp3) is 0.714. The van der Waals surface area contributed by atoms with Crippen LogP contribution in [0.25, 0.3) is 0 Å². The van der Waals surface area contributed by atoms with Gasteiger partial charge in [-0.2, -0.15) is 0 Å². The fourth-order valence-electron chi connectivity index (χ4n) is 2.21. The van der Waals surface area contributed by atoms with Crippen molar-refractivity contribution in [3.05, 3.63) is 11.9 Å². The quantitative estimate of drug-likeness (QED) is 0.473. The number of hydrogen-bond acceptors (Lipinski definition) is 5. The van der Waals surface area contributed by atoms with Crippen LogP contribution in [0.1, 0.15) is 52.0 Å². The summed E-state index contributed by atoms with van der Waals surface area (Å²) in [5, 5.41) is 3.45. The van der Waals surface area contributed by atoms with Crippen molar-refractivity contribution in [1.82, 2.24) is 9.97 Å². The molecule has 0 spiro atoms. The zero-order valence-corrected chi connectivity index (χ0v) is 12.4. The van der Waals surface area contributed by atoms with Gasteiger partial charge in [-0.05, 0) is 18.8 Å². The number of nitrogens with one attached hydrogen (secondary N) is 2. The molecule has 1 atom stereocenters. The molecule has 0 radical (unpaired) electrons. The number of hydrazine groups is 1. The zero-order valence-electron chi connectivity index (χ0n) is 12.4. The molecule has 5 nitrogen and oxygen atoms in total. The minimum absolute atomic E-state index is 0.703. The lowest BCUT2D eigenvalue weighted by molar-refractivity contribution is 0.472. The first kappa shape index (κ1) is 15.7. The van der Waals surface area contributed by atoms with Gasteiger partial charge in [0.1, 0.15) is 18.0 Å². The van der Waals surface area contributed by atoms with E-state index in [-0.39, 0.29) is 0 Å². The third-order valence-corrected chi connectivity index (χ3v) is 3.54. The number of unbranched alkanes of at least 4 members (excludes halogenated alkanes) is 1. The first-order valence-corrected chi connectivity index (χ1v) is 7.31. The van der Waals surface area contributed by atoms with E-state index in [1.54, 1.807) is 6.33 Å². The molecule has 1 aromatic rings. The standard InChI is InChI=1S/C14H27N5/c1-4-7-8-11(5-2)9-16-13-12(6-3)14(19-15)18-10-17-13/h10-11H,4-9,15H2,1-3H3,(H2,16,17,18,19). The van der Waals surface area contributed by atoms with Crippen molar-refractivity contribution in [2.75, 3.05) is 17.3 Å². The van der Waals surface area contributed by atoms with Crippen LogP contribution in [0, 0.1) is 5.92 Å². The van der Waals surface area contributed by atoms with Crippen LogP contribution >= 0.6 is 0 Å². The van der Waals surface area contributed by atoms with Crippen LogP contribution in [0.4, 0.5) is 11.6 Å². The van der Waals surface area contributed by atoms with Gasteiger partial charge < -0.3 is 10.7 Å². The van der Waals surface area contributed by atoms with Crippen molar-refractivity contribution in [1.29, 1.82) is 0 Å². The Balaban J connectivity index is 2.65. The van der Waals surface area contributed by atoms with Crippen LogP contribution in [0.3, 0.4) is 0 Å². The summed E-state index contributed by atoms with van der Waals surface area (Å²) in [5.74, 6) is 7.79. The molecule has 0 aliphatic carbocycles. The molecule has 19 heavy (non-hydrogen) atoms. The molecule has 0 aliphatic heterocycles. The first-order chi connectivity index (χ1) is 9.26. The average molecular weight is 265 g/mol. The number of nitrogens with two attached hydrogens (primary N) is 1. The highest BCUT2D eigenvalue weighted by molar-refractivity contribution is 5.56. The van der Waals surface area contributed by atoms with Crippen molar-refractivity contribution in [3.8, 4) is 0 Å². The van der Waals surface area contributed by atoms with Gasteiger partial charge in [0.05, 0.1) is 0 Å². The summed E-state index contributed by atoms with van der Waals surface area (Å²) in [6, 6.07) is 0. The molecule has 0 bridgehead atoms. The normalized spacial score (nSPS) is 12.2. The summed E-state index contributed by atoms with van der Waals surface area (Å²) < 4.78 is 0. The fourth-order valence-corrected chi connectivity index (χ4v) is 2.21. The van der Waals surface area contributed by atoms with Crippen molar-refractivity contribution >= 4 is 11.6 Å². The van der Waals surface area contributed by atoms with E-state index in [1.807, 2.05) is 0 Å². The molecular weight excluding hydrogens is 238 g/mol. The Labute approximate surface area is 116 Å². The van der Waals surface area contributed by atoms with Gasteiger partial charge in [-0.3, -0.25) is 0 Å². The van der Waals surface area contributed by atoms with Crippen molar-refractivity contribution < 1.29 is 0 Å². The summed E-state index contributed by atoms with van der Waals surface area (Å²) in [6.07, 6.45) is 7.42. The van der Waals surface area contributed by atoms with Crippen molar-refractivity contribution in [3.63, 3.8) is 0 Å². The highest BCUT2D eigenvalue weighted by Gasteiger charge is 2.11. The van der Waals surface area contributed by atoms with E-state index >= 15 is 0 Å². The Kier molecular flexibility index (Phi) is 7.18. The largest absolute Gasteiger partial charge is 0.369 e. The van der Waals surface area contributed by atoms with Gasteiger partial charge in [0.25, 0.3) is 0 Å². The van der Waals surface area contributed by atoms with E-state index in [9.17, 15) is 0 Å². The SMILES string of the molecule is CCCCC(CC)CNc1ncnc(NN)c1CC. The smallest absolute Gasteiger partial charge is 0.148 e. The summed E-state index contributed by atoms with van der Waals surface area (Å²) in [5.41, 5.74) is 3.68. The first-order valence-electron chi connectivity index (χ1n) is 7.31. The average Bonchev–Trinajstić information content (AvgIpc) is 2.46. The Morgan fingerprint density at radius 2 is 1.95 bits per heavy atom. The van der Waals surface area contributed by atoms with Crippen LogP contribution in [0.2, 0.25) is 0 Å². The molecule has 4 N–H and O–H groups in total. The molecule has 0 fully saturated rings. The van der Waals surface area contributed by atoms with E-state index in [0.717, 1.165) is 24.3 Å². The molecule has 0 saturated carbocycles. The molecule has 1 rings (SSSR count). The molecular formula is C14H27N5. The third kappa shape index (κ3) is 4.67. The van der Waals surface area contributed by atoms with E-state index in [1.165, 1.54) is 25.7 Å². The number of nitrogens with zero attached hydrogens (tertiary/aromatic N) is 2. The lowest BCUT2D eigenvalue weighted by Crippen LogP contribution is -2.18. The Morgan fingerprint density at radius 3 is 2.53 bits per heavy atom. The molecule has 108 valence electrons. The number of hydrogen-bond donors (Lipinski definition) is 3. The van der Waals surface area contributed by atoms with Gasteiger partial charge in [0.2, 0.25) is 0 Å². The Morgan fingerprint density at radius 1 is 1.21 bits per heavy atom. The van der Waals surface area contributed by atoms with Crippen molar-refractivity contribution in [2.24, 2.45) is 11.8 Å². The summed E-state index contributed by atoms with van der Waals surface area (Å²) in [6.45, 7) is 7.53. The lowest BCUT2D eigenvalue weighted by Gasteiger charge is -2.18. The van der Waals surface area contributed by atoms with Gasteiger partial charge in [-0.25, -0.2) is 15.8 Å². The van der Waals surface area contributed by atoms with Gasteiger partial charge in [-0.15, -0.1) is 0 Å². The van der Waals surface area contributed by atoms with Crippen LogP contribution in [-0.4, -0.2) is 16.5 Å². The topological polar surface area (TPSA) is 75.9 Å². The predicted octanol–water partition coefficient (Wildman–Crippen LogP) is 2.95. The Bertz CT molecular complexity index is 367. The summed E-state index contributed by atoms with van der Waals surface area (Å²) in [7, 11) is 0. The van der Waals surface area contributed by atoms with E-state index in [0.29, 0.717) is 11.7 Å². The number of aromatic nitrogens is 2. The van der Waals surface area contributed by atoms with Crippen LogP contribution in [-0.2, 0) is 6.42 Å². The van der Waals surface area contributed by atoms with E-state index in [2.05, 4.69) is 41.5 Å². The lowest BCUT2D eigenvalue weighted by atomic mass is 9.99. The maximum absolute atomic E-state index is 5.47. The second-order valence-electron chi connectivity index (χ2n) is 4.84. The molecule has 0 amide bonds. The summed E-state index contributed by atoms with van der Waals surface area (Å²) in [4.78, 5) is 8.47. The highest BCUT2D eigenvalue weighted by Crippen LogP contribution is 2.21. The maximum Gasteiger partial charge on any atom is 0.148 e. The van der Waals surface area contributed by atoms with Gasteiger partial charge >= 0.3 is 0 Å². The number of nitrogen functional groups attached to an aromatic ring is 1. The molecule has 0 aromatic carbocycles. The third-order valence-electron chi connectivity index (χ3n) is 3.54.